The van der Waals surface area contributed by atoms with Gasteiger partial charge in [0.1, 0.15) is 0 Å². The summed E-state index contributed by atoms with van der Waals surface area (Å²) in [5.74, 6) is 0.291. The zero-order valence-corrected chi connectivity index (χ0v) is 14.2. The molecule has 1 aromatic heterocycles. The fourth-order valence-electron chi connectivity index (χ4n) is 2.78. The number of carbonyl (C=O) groups excluding carboxylic acids is 1. The van der Waals surface area contributed by atoms with Crippen molar-refractivity contribution in [2.75, 3.05) is 44.7 Å². The second-order valence-corrected chi connectivity index (χ2v) is 5.81. The van der Waals surface area contributed by atoms with Crippen LogP contribution in [-0.4, -0.2) is 77.2 Å². The Morgan fingerprint density at radius 1 is 1.43 bits per heavy atom. The lowest BCUT2D eigenvalue weighted by Crippen LogP contribution is -2.57. The van der Waals surface area contributed by atoms with Crippen LogP contribution in [0.25, 0.3) is 0 Å². The molecular formula is C16H27N5O2. The summed E-state index contributed by atoms with van der Waals surface area (Å²) in [4.78, 5) is 25.0. The molecule has 7 heteroatoms. The molecule has 1 N–H and O–H groups in total. The van der Waals surface area contributed by atoms with E-state index in [1.165, 1.54) is 0 Å². The Morgan fingerprint density at radius 3 is 2.83 bits per heavy atom. The largest absolute Gasteiger partial charge is 0.380 e. The van der Waals surface area contributed by atoms with E-state index in [0.717, 1.165) is 39.4 Å². The highest BCUT2D eigenvalue weighted by molar-refractivity contribution is 5.93. The third kappa shape index (κ3) is 5.23. The Hall–Kier alpha value is -1.57. The van der Waals surface area contributed by atoms with E-state index in [0.29, 0.717) is 12.0 Å². The van der Waals surface area contributed by atoms with Crippen LogP contribution in [0.3, 0.4) is 0 Å². The molecule has 0 bridgehead atoms. The van der Waals surface area contributed by atoms with Crippen LogP contribution in [0.15, 0.2) is 18.5 Å². The summed E-state index contributed by atoms with van der Waals surface area (Å²) in [6, 6.07) is 1.94. The summed E-state index contributed by atoms with van der Waals surface area (Å²) in [6.07, 6.45) is 3.24. The first-order valence-corrected chi connectivity index (χ1v) is 8.25. The smallest absolute Gasteiger partial charge is 0.243 e. The molecule has 1 aliphatic heterocycles. The fourth-order valence-corrected chi connectivity index (χ4v) is 2.78. The SMILES string of the molecule is CCOCCN1CCN([C@@H](C)C(=O)Nc2ncccn2)C[C@@H]1C. The molecule has 7 nitrogen and oxygen atoms in total. The van der Waals surface area contributed by atoms with Crippen LogP contribution < -0.4 is 5.32 Å². The maximum Gasteiger partial charge on any atom is 0.243 e. The molecule has 2 atom stereocenters. The van der Waals surface area contributed by atoms with Crippen LogP contribution in [0.1, 0.15) is 20.8 Å². The number of aromatic nitrogens is 2. The first kappa shape index (κ1) is 17.8. The number of ether oxygens (including phenoxy) is 1. The number of carbonyl (C=O) groups is 1. The lowest BCUT2D eigenvalue weighted by atomic mass is 10.1. The molecule has 0 spiro atoms. The minimum Gasteiger partial charge on any atom is -0.380 e. The summed E-state index contributed by atoms with van der Waals surface area (Å²) in [5.41, 5.74) is 0. The van der Waals surface area contributed by atoms with Crippen LogP contribution in [0.2, 0.25) is 0 Å². The molecule has 1 amide bonds. The van der Waals surface area contributed by atoms with Crippen molar-refractivity contribution in [2.45, 2.75) is 32.9 Å². The predicted octanol–water partition coefficient (Wildman–Crippen LogP) is 0.846. The molecule has 0 radical (unpaired) electrons. The summed E-state index contributed by atoms with van der Waals surface area (Å²) < 4.78 is 5.43. The van der Waals surface area contributed by atoms with Crippen LogP contribution >= 0.6 is 0 Å². The standard InChI is InChI=1S/C16H27N5O2/c1-4-23-11-10-20-8-9-21(12-13(20)2)14(3)15(22)19-16-17-6-5-7-18-16/h5-7,13-14H,4,8-12H2,1-3H3,(H,17,18,19,22)/t13-,14-/m0/s1. The molecule has 1 saturated heterocycles. The van der Waals surface area contributed by atoms with Gasteiger partial charge in [-0.2, -0.15) is 0 Å². The van der Waals surface area contributed by atoms with Gasteiger partial charge < -0.3 is 4.74 Å². The van der Waals surface area contributed by atoms with Crippen molar-refractivity contribution in [2.24, 2.45) is 0 Å². The third-order valence-corrected chi connectivity index (χ3v) is 4.25. The molecule has 1 aromatic rings. The van der Waals surface area contributed by atoms with Crippen molar-refractivity contribution in [3.05, 3.63) is 18.5 Å². The van der Waals surface area contributed by atoms with Gasteiger partial charge in [0.05, 0.1) is 12.6 Å². The highest BCUT2D eigenvalue weighted by atomic mass is 16.5. The number of amides is 1. The summed E-state index contributed by atoms with van der Waals surface area (Å²) >= 11 is 0. The third-order valence-electron chi connectivity index (χ3n) is 4.25. The van der Waals surface area contributed by atoms with E-state index in [9.17, 15) is 4.79 Å². The van der Waals surface area contributed by atoms with Crippen molar-refractivity contribution in [3.8, 4) is 0 Å². The second kappa shape index (κ2) is 8.90. The molecule has 1 fully saturated rings. The van der Waals surface area contributed by atoms with Gasteiger partial charge in [-0.1, -0.05) is 0 Å². The first-order valence-electron chi connectivity index (χ1n) is 8.25. The molecule has 0 unspecified atom stereocenters. The first-order chi connectivity index (χ1) is 11.1. The van der Waals surface area contributed by atoms with Gasteiger partial charge in [-0.15, -0.1) is 0 Å². The Labute approximate surface area is 138 Å². The zero-order chi connectivity index (χ0) is 16.7. The van der Waals surface area contributed by atoms with Crippen molar-refractivity contribution in [3.63, 3.8) is 0 Å². The van der Waals surface area contributed by atoms with Crippen LogP contribution in [0.4, 0.5) is 5.95 Å². The lowest BCUT2D eigenvalue weighted by Gasteiger charge is -2.41. The van der Waals surface area contributed by atoms with Crippen molar-refractivity contribution in [1.82, 2.24) is 19.8 Å². The highest BCUT2D eigenvalue weighted by Crippen LogP contribution is 2.13. The van der Waals surface area contributed by atoms with E-state index in [2.05, 4.69) is 32.0 Å². The van der Waals surface area contributed by atoms with Gasteiger partial charge in [0, 0.05) is 51.2 Å². The number of piperazine rings is 1. The highest BCUT2D eigenvalue weighted by Gasteiger charge is 2.29. The molecule has 23 heavy (non-hydrogen) atoms. The van der Waals surface area contributed by atoms with Crippen molar-refractivity contribution in [1.29, 1.82) is 0 Å². The average Bonchev–Trinajstić information content (AvgIpc) is 2.56. The Balaban J connectivity index is 1.82. The number of hydrogen-bond donors (Lipinski definition) is 1. The van der Waals surface area contributed by atoms with E-state index in [-0.39, 0.29) is 11.9 Å². The predicted molar refractivity (Wildman–Crippen MR) is 89.2 cm³/mol. The number of nitrogens with one attached hydrogen (secondary N) is 1. The van der Waals surface area contributed by atoms with Gasteiger partial charge in [0.15, 0.2) is 0 Å². The number of hydrogen-bond acceptors (Lipinski definition) is 6. The minimum absolute atomic E-state index is 0.0637. The van der Waals surface area contributed by atoms with Crippen molar-refractivity contribution < 1.29 is 9.53 Å². The Kier molecular flexibility index (Phi) is 6.88. The summed E-state index contributed by atoms with van der Waals surface area (Å²) in [5, 5.41) is 2.77. The van der Waals surface area contributed by atoms with Crippen molar-refractivity contribution >= 4 is 11.9 Å². The minimum atomic E-state index is -0.199. The molecule has 0 aliphatic carbocycles. The number of rotatable bonds is 7. The van der Waals surface area contributed by atoms with Gasteiger partial charge in [-0.25, -0.2) is 9.97 Å². The van der Waals surface area contributed by atoms with E-state index in [1.54, 1.807) is 18.5 Å². The number of anilines is 1. The quantitative estimate of drug-likeness (QED) is 0.751. The lowest BCUT2D eigenvalue weighted by molar-refractivity contribution is -0.122. The maximum atomic E-state index is 12.3. The van der Waals surface area contributed by atoms with E-state index < -0.39 is 0 Å². The van der Waals surface area contributed by atoms with Gasteiger partial charge in [-0.3, -0.25) is 19.9 Å². The van der Waals surface area contributed by atoms with Gasteiger partial charge in [0.25, 0.3) is 0 Å². The zero-order valence-electron chi connectivity index (χ0n) is 14.2. The summed E-state index contributed by atoms with van der Waals surface area (Å²) in [6.45, 7) is 11.3. The fraction of sp³-hybridized carbons (Fsp3) is 0.688. The Morgan fingerprint density at radius 2 is 2.17 bits per heavy atom. The molecule has 2 rings (SSSR count). The molecule has 0 saturated carbocycles. The molecule has 1 aliphatic rings. The molecular weight excluding hydrogens is 294 g/mol. The normalized spacial score (nSPS) is 21.1. The van der Waals surface area contributed by atoms with E-state index >= 15 is 0 Å². The van der Waals surface area contributed by atoms with Crippen LogP contribution in [-0.2, 0) is 9.53 Å². The van der Waals surface area contributed by atoms with Crippen LogP contribution in [0.5, 0.6) is 0 Å². The summed E-state index contributed by atoms with van der Waals surface area (Å²) in [7, 11) is 0. The topological polar surface area (TPSA) is 70.6 Å². The maximum absolute atomic E-state index is 12.3. The molecule has 0 aromatic carbocycles. The molecule has 128 valence electrons. The van der Waals surface area contributed by atoms with E-state index in [4.69, 9.17) is 4.74 Å². The number of nitrogens with zero attached hydrogens (tertiary/aromatic N) is 4. The monoisotopic (exact) mass is 321 g/mol. The Bertz CT molecular complexity index is 485. The molecule has 2 heterocycles. The van der Waals surface area contributed by atoms with E-state index in [1.807, 2.05) is 13.8 Å². The average molecular weight is 321 g/mol. The second-order valence-electron chi connectivity index (χ2n) is 5.81. The van der Waals surface area contributed by atoms with Gasteiger partial charge in [-0.05, 0) is 26.8 Å². The van der Waals surface area contributed by atoms with Gasteiger partial charge >= 0.3 is 0 Å². The van der Waals surface area contributed by atoms with Gasteiger partial charge in [0.2, 0.25) is 11.9 Å². The van der Waals surface area contributed by atoms with Crippen LogP contribution in [0, 0.1) is 0 Å².